The molecule has 0 unspecified atom stereocenters. The first-order chi connectivity index (χ1) is 11.0. The smallest absolute Gasteiger partial charge is 0.253 e. The number of hydrogen-bond donors (Lipinski definition) is 1. The fraction of sp³-hybridized carbons (Fsp3) is 0.158. The summed E-state index contributed by atoms with van der Waals surface area (Å²) in [6.07, 6.45) is 0. The number of nitrogens with one attached hydrogen (secondary N) is 1. The van der Waals surface area contributed by atoms with Crippen molar-refractivity contribution in [3.8, 4) is 11.8 Å². The summed E-state index contributed by atoms with van der Waals surface area (Å²) < 4.78 is 0. The Hall–Kier alpha value is -3.06. The Morgan fingerprint density at radius 2 is 1.26 bits per heavy atom. The lowest BCUT2D eigenvalue weighted by atomic mass is 10.1. The van der Waals surface area contributed by atoms with Gasteiger partial charge in [0.2, 0.25) is 0 Å². The molecule has 4 heteroatoms. The molecule has 116 valence electrons. The maximum absolute atomic E-state index is 11.8. The first-order valence-corrected chi connectivity index (χ1v) is 7.17. The molecule has 0 saturated carbocycles. The van der Waals surface area contributed by atoms with Gasteiger partial charge in [0.05, 0.1) is 0 Å². The van der Waals surface area contributed by atoms with E-state index in [4.69, 9.17) is 0 Å². The molecule has 2 amide bonds. The number of hydrogen-bond acceptors (Lipinski definition) is 2. The van der Waals surface area contributed by atoms with E-state index < -0.39 is 0 Å². The summed E-state index contributed by atoms with van der Waals surface area (Å²) in [6, 6.07) is 14.3. The van der Waals surface area contributed by atoms with Crippen molar-refractivity contribution in [2.45, 2.75) is 0 Å². The molecule has 0 aliphatic heterocycles. The van der Waals surface area contributed by atoms with Crippen molar-refractivity contribution in [3.05, 3.63) is 70.8 Å². The molecule has 0 spiro atoms. The Morgan fingerprint density at radius 1 is 0.826 bits per heavy atom. The first kappa shape index (κ1) is 16.3. The average molecular weight is 306 g/mol. The molecule has 23 heavy (non-hydrogen) atoms. The molecule has 0 aliphatic carbocycles. The van der Waals surface area contributed by atoms with Crippen LogP contribution in [0.4, 0.5) is 0 Å². The van der Waals surface area contributed by atoms with Crippen molar-refractivity contribution in [2.75, 3.05) is 21.1 Å². The van der Waals surface area contributed by atoms with Crippen LogP contribution in [0.2, 0.25) is 0 Å². The van der Waals surface area contributed by atoms with Crippen LogP contribution in [0.25, 0.3) is 0 Å². The van der Waals surface area contributed by atoms with Crippen molar-refractivity contribution in [1.82, 2.24) is 10.2 Å². The molecule has 0 saturated heterocycles. The zero-order chi connectivity index (χ0) is 16.8. The van der Waals surface area contributed by atoms with Gasteiger partial charge in [-0.1, -0.05) is 11.8 Å². The molecule has 0 fully saturated rings. The molecule has 1 N–H and O–H groups in total. The van der Waals surface area contributed by atoms with E-state index in [1.807, 2.05) is 24.3 Å². The van der Waals surface area contributed by atoms with Crippen molar-refractivity contribution >= 4 is 11.8 Å². The Kier molecular flexibility index (Phi) is 5.16. The maximum atomic E-state index is 11.8. The van der Waals surface area contributed by atoms with Crippen LogP contribution in [0, 0.1) is 11.8 Å². The van der Waals surface area contributed by atoms with E-state index in [0.29, 0.717) is 11.1 Å². The van der Waals surface area contributed by atoms with Crippen molar-refractivity contribution in [1.29, 1.82) is 0 Å². The molecule has 2 aromatic rings. The van der Waals surface area contributed by atoms with Crippen LogP contribution in [0.5, 0.6) is 0 Å². The highest BCUT2D eigenvalue weighted by molar-refractivity contribution is 5.94. The van der Waals surface area contributed by atoms with Crippen LogP contribution in [-0.4, -0.2) is 37.9 Å². The minimum absolute atomic E-state index is 0.0331. The second-order valence-electron chi connectivity index (χ2n) is 5.18. The summed E-state index contributed by atoms with van der Waals surface area (Å²) in [5.41, 5.74) is 2.89. The zero-order valence-electron chi connectivity index (χ0n) is 13.4. The van der Waals surface area contributed by atoms with E-state index in [0.717, 1.165) is 11.1 Å². The van der Waals surface area contributed by atoms with Gasteiger partial charge in [0.25, 0.3) is 11.8 Å². The highest BCUT2D eigenvalue weighted by Gasteiger charge is 2.06. The van der Waals surface area contributed by atoms with Gasteiger partial charge in [-0.2, -0.15) is 0 Å². The van der Waals surface area contributed by atoms with Gasteiger partial charge >= 0.3 is 0 Å². The van der Waals surface area contributed by atoms with Crippen LogP contribution in [0.1, 0.15) is 31.8 Å². The van der Waals surface area contributed by atoms with E-state index in [9.17, 15) is 9.59 Å². The summed E-state index contributed by atoms with van der Waals surface area (Å²) in [6.45, 7) is 0. The zero-order valence-corrected chi connectivity index (χ0v) is 13.4. The van der Waals surface area contributed by atoms with Gasteiger partial charge in [-0.05, 0) is 48.5 Å². The lowest BCUT2D eigenvalue weighted by Gasteiger charge is -2.09. The van der Waals surface area contributed by atoms with Crippen molar-refractivity contribution in [3.63, 3.8) is 0 Å². The Morgan fingerprint density at radius 3 is 1.65 bits per heavy atom. The lowest BCUT2D eigenvalue weighted by molar-refractivity contribution is 0.0827. The van der Waals surface area contributed by atoms with Crippen LogP contribution < -0.4 is 5.32 Å². The van der Waals surface area contributed by atoms with Gasteiger partial charge in [-0.25, -0.2) is 0 Å². The second-order valence-corrected chi connectivity index (χ2v) is 5.18. The molecule has 0 bridgehead atoms. The van der Waals surface area contributed by atoms with Gasteiger partial charge in [-0.3, -0.25) is 9.59 Å². The number of amides is 2. The Balaban J connectivity index is 2.12. The third-order valence-corrected chi connectivity index (χ3v) is 3.26. The van der Waals surface area contributed by atoms with E-state index in [-0.39, 0.29) is 11.8 Å². The predicted octanol–water partition coefficient (Wildman–Crippen LogP) is 2.15. The monoisotopic (exact) mass is 306 g/mol. The fourth-order valence-electron chi connectivity index (χ4n) is 1.95. The van der Waals surface area contributed by atoms with Crippen LogP contribution in [-0.2, 0) is 0 Å². The third kappa shape index (κ3) is 4.21. The first-order valence-electron chi connectivity index (χ1n) is 7.17. The van der Waals surface area contributed by atoms with E-state index in [1.165, 1.54) is 4.90 Å². The largest absolute Gasteiger partial charge is 0.355 e. The molecule has 4 nitrogen and oxygen atoms in total. The van der Waals surface area contributed by atoms with E-state index in [2.05, 4.69) is 17.2 Å². The number of carbonyl (C=O) groups excluding carboxylic acids is 2. The molecule has 0 heterocycles. The van der Waals surface area contributed by atoms with Gasteiger partial charge < -0.3 is 10.2 Å². The van der Waals surface area contributed by atoms with Gasteiger partial charge in [-0.15, -0.1) is 0 Å². The van der Waals surface area contributed by atoms with Crippen molar-refractivity contribution < 1.29 is 9.59 Å². The van der Waals surface area contributed by atoms with E-state index >= 15 is 0 Å². The van der Waals surface area contributed by atoms with Gasteiger partial charge in [0.15, 0.2) is 0 Å². The highest BCUT2D eigenvalue weighted by atomic mass is 16.2. The quantitative estimate of drug-likeness (QED) is 0.864. The summed E-state index contributed by atoms with van der Waals surface area (Å²) in [5, 5.41) is 2.57. The number of rotatable bonds is 2. The topological polar surface area (TPSA) is 49.4 Å². The Bertz CT molecular complexity index is 764. The van der Waals surface area contributed by atoms with Crippen molar-refractivity contribution in [2.24, 2.45) is 0 Å². The number of carbonyl (C=O) groups is 2. The molecule has 2 aromatic carbocycles. The summed E-state index contributed by atoms with van der Waals surface area (Å²) in [5.74, 6) is 5.93. The molecular weight excluding hydrogens is 288 g/mol. The summed E-state index contributed by atoms with van der Waals surface area (Å²) in [4.78, 5) is 24.8. The minimum atomic E-state index is -0.120. The molecule has 0 aliphatic rings. The predicted molar refractivity (Wildman–Crippen MR) is 90.3 cm³/mol. The standard InChI is InChI=1S/C19H18N2O2/c1-20-18(22)16-10-6-14(7-11-16)4-5-15-8-12-17(13-9-15)19(23)21(2)3/h6-13H,1-3H3,(H,20,22). The average Bonchev–Trinajstić information content (AvgIpc) is 2.59. The number of nitrogens with zero attached hydrogens (tertiary/aromatic N) is 1. The van der Waals surface area contributed by atoms with Gasteiger partial charge in [0.1, 0.15) is 0 Å². The number of benzene rings is 2. The minimum Gasteiger partial charge on any atom is -0.355 e. The second kappa shape index (κ2) is 7.28. The van der Waals surface area contributed by atoms with Gasteiger partial charge in [0, 0.05) is 43.4 Å². The normalized spacial score (nSPS) is 9.52. The van der Waals surface area contributed by atoms with Crippen LogP contribution in [0.3, 0.4) is 0 Å². The molecule has 2 rings (SSSR count). The maximum Gasteiger partial charge on any atom is 0.253 e. The third-order valence-electron chi connectivity index (χ3n) is 3.26. The van der Waals surface area contributed by atoms with Crippen LogP contribution in [0.15, 0.2) is 48.5 Å². The van der Waals surface area contributed by atoms with Crippen LogP contribution >= 0.6 is 0 Å². The Labute approximate surface area is 136 Å². The lowest BCUT2D eigenvalue weighted by Crippen LogP contribution is -2.21. The molecular formula is C19H18N2O2. The highest BCUT2D eigenvalue weighted by Crippen LogP contribution is 2.07. The summed E-state index contributed by atoms with van der Waals surface area (Å²) >= 11 is 0. The molecule has 0 atom stereocenters. The molecule has 0 radical (unpaired) electrons. The summed E-state index contributed by atoms with van der Waals surface area (Å²) in [7, 11) is 5.04. The SMILES string of the molecule is CNC(=O)c1ccc(C#Cc2ccc(C(=O)N(C)C)cc2)cc1. The van der Waals surface area contributed by atoms with E-state index in [1.54, 1.807) is 45.4 Å². The fourth-order valence-corrected chi connectivity index (χ4v) is 1.95. The molecule has 0 aromatic heterocycles.